The molecule has 1 aliphatic heterocycles. The van der Waals surface area contributed by atoms with Crippen LogP contribution in [0.1, 0.15) is 45.3 Å². The Balaban J connectivity index is 1.59. The normalized spacial score (nSPS) is 19.4. The molecule has 2 rings (SSSR count). The number of aliphatic imine (C=N–C) groups is 1. The first-order valence-electron chi connectivity index (χ1n) is 9.55. The lowest BCUT2D eigenvalue weighted by Gasteiger charge is -2.30. The number of nitrogens with zero attached hydrogens (tertiary/aromatic N) is 2. The Morgan fingerprint density at radius 3 is 3.04 bits per heavy atom. The summed E-state index contributed by atoms with van der Waals surface area (Å²) in [6.07, 6.45) is 7.75. The summed E-state index contributed by atoms with van der Waals surface area (Å²) in [6.45, 7) is 10.9. The first-order chi connectivity index (χ1) is 11.8. The van der Waals surface area contributed by atoms with E-state index in [-0.39, 0.29) is 0 Å². The number of furan rings is 1. The highest BCUT2D eigenvalue weighted by molar-refractivity contribution is 5.79. The van der Waals surface area contributed by atoms with Gasteiger partial charge in [-0.3, -0.25) is 4.99 Å². The maximum Gasteiger partial charge on any atom is 0.191 e. The fourth-order valence-corrected chi connectivity index (χ4v) is 3.23. The average molecular weight is 335 g/mol. The van der Waals surface area contributed by atoms with E-state index in [1.165, 1.54) is 38.9 Å². The fraction of sp³-hybridized carbons (Fsp3) is 0.737. The lowest BCUT2D eigenvalue weighted by Crippen LogP contribution is -2.38. The summed E-state index contributed by atoms with van der Waals surface area (Å²) >= 11 is 0. The van der Waals surface area contributed by atoms with Crippen molar-refractivity contribution in [2.24, 2.45) is 10.9 Å². The van der Waals surface area contributed by atoms with Crippen LogP contribution in [0.3, 0.4) is 0 Å². The molecule has 1 unspecified atom stereocenters. The zero-order chi connectivity index (χ0) is 17.0. The Kier molecular flexibility index (Phi) is 8.74. The van der Waals surface area contributed by atoms with Crippen LogP contribution in [0, 0.1) is 5.92 Å². The lowest BCUT2D eigenvalue weighted by molar-refractivity contribution is 0.181. The monoisotopic (exact) mass is 334 g/mol. The summed E-state index contributed by atoms with van der Waals surface area (Å²) in [7, 11) is 0. The number of rotatable bonds is 9. The SMILES string of the molecule is CCNC(=NCCCCN1CCCC(C)C1)NCCc1ccco1. The molecule has 1 atom stereocenters. The highest BCUT2D eigenvalue weighted by Crippen LogP contribution is 2.15. The minimum Gasteiger partial charge on any atom is -0.469 e. The van der Waals surface area contributed by atoms with Crippen LogP contribution >= 0.6 is 0 Å². The number of hydrogen-bond acceptors (Lipinski definition) is 3. The molecule has 0 spiro atoms. The largest absolute Gasteiger partial charge is 0.469 e. The Morgan fingerprint density at radius 1 is 1.38 bits per heavy atom. The van der Waals surface area contributed by atoms with Crippen LogP contribution in [0.25, 0.3) is 0 Å². The molecule has 5 heteroatoms. The average Bonchev–Trinajstić information content (AvgIpc) is 3.08. The van der Waals surface area contributed by atoms with Crippen molar-refractivity contribution in [3.63, 3.8) is 0 Å². The van der Waals surface area contributed by atoms with E-state index in [1.54, 1.807) is 6.26 Å². The summed E-state index contributed by atoms with van der Waals surface area (Å²) in [5.41, 5.74) is 0. The van der Waals surface area contributed by atoms with Gasteiger partial charge >= 0.3 is 0 Å². The molecule has 1 fully saturated rings. The fourth-order valence-electron chi connectivity index (χ4n) is 3.23. The molecule has 1 aliphatic rings. The zero-order valence-electron chi connectivity index (χ0n) is 15.4. The van der Waals surface area contributed by atoms with Crippen molar-refractivity contribution in [1.29, 1.82) is 0 Å². The Labute approximate surface area is 146 Å². The van der Waals surface area contributed by atoms with Gasteiger partial charge in [-0.25, -0.2) is 0 Å². The van der Waals surface area contributed by atoms with Gasteiger partial charge in [0.2, 0.25) is 0 Å². The third-order valence-electron chi connectivity index (χ3n) is 4.48. The summed E-state index contributed by atoms with van der Waals surface area (Å²) in [6, 6.07) is 3.94. The van der Waals surface area contributed by atoms with Gasteiger partial charge in [0.15, 0.2) is 5.96 Å². The van der Waals surface area contributed by atoms with Crippen LogP contribution < -0.4 is 10.6 Å². The van der Waals surface area contributed by atoms with E-state index < -0.39 is 0 Å². The van der Waals surface area contributed by atoms with Crippen LogP contribution in [-0.4, -0.2) is 50.1 Å². The number of unbranched alkanes of at least 4 members (excludes halogenated alkanes) is 1. The molecular weight excluding hydrogens is 300 g/mol. The van der Waals surface area contributed by atoms with Crippen LogP contribution in [0.5, 0.6) is 0 Å². The summed E-state index contributed by atoms with van der Waals surface area (Å²) in [5.74, 6) is 2.79. The number of piperidine rings is 1. The molecule has 0 radical (unpaired) electrons. The second-order valence-electron chi connectivity index (χ2n) is 6.77. The lowest BCUT2D eigenvalue weighted by atomic mass is 10.0. The Morgan fingerprint density at radius 2 is 2.29 bits per heavy atom. The van der Waals surface area contributed by atoms with E-state index in [4.69, 9.17) is 4.42 Å². The Hall–Kier alpha value is -1.49. The van der Waals surface area contributed by atoms with E-state index in [1.807, 2.05) is 12.1 Å². The molecule has 0 aromatic carbocycles. The van der Waals surface area contributed by atoms with Gasteiger partial charge in [0.1, 0.15) is 5.76 Å². The third-order valence-corrected chi connectivity index (χ3v) is 4.48. The topological polar surface area (TPSA) is 52.8 Å². The van der Waals surface area contributed by atoms with E-state index in [0.717, 1.165) is 50.1 Å². The second-order valence-corrected chi connectivity index (χ2v) is 6.77. The standard InChI is InChI=1S/C19H34N4O/c1-3-20-19(22-12-10-18-9-7-15-24-18)21-11-4-5-13-23-14-6-8-17(2)16-23/h7,9,15,17H,3-6,8,10-14,16H2,1-2H3,(H2,20,21,22). The van der Waals surface area contributed by atoms with Crippen LogP contribution in [0.2, 0.25) is 0 Å². The smallest absolute Gasteiger partial charge is 0.191 e. The minimum atomic E-state index is 0.838. The predicted octanol–water partition coefficient (Wildman–Crippen LogP) is 2.89. The summed E-state index contributed by atoms with van der Waals surface area (Å²) < 4.78 is 5.35. The number of hydrogen-bond donors (Lipinski definition) is 2. The molecule has 2 heterocycles. The van der Waals surface area contributed by atoms with Gasteiger partial charge < -0.3 is 20.0 Å². The number of guanidine groups is 1. The molecular formula is C19H34N4O. The minimum absolute atomic E-state index is 0.838. The first kappa shape index (κ1) is 18.8. The number of likely N-dealkylation sites (tertiary alicyclic amines) is 1. The van der Waals surface area contributed by atoms with Gasteiger partial charge in [-0.2, -0.15) is 0 Å². The predicted molar refractivity (Wildman–Crippen MR) is 100 cm³/mol. The van der Waals surface area contributed by atoms with Crippen molar-refractivity contribution in [1.82, 2.24) is 15.5 Å². The van der Waals surface area contributed by atoms with Crippen molar-refractivity contribution in [3.05, 3.63) is 24.2 Å². The van der Waals surface area contributed by atoms with Crippen molar-refractivity contribution < 1.29 is 4.42 Å². The first-order valence-corrected chi connectivity index (χ1v) is 9.55. The second kappa shape index (κ2) is 11.1. The van der Waals surface area contributed by atoms with Gasteiger partial charge in [0.05, 0.1) is 6.26 Å². The third kappa shape index (κ3) is 7.39. The summed E-state index contributed by atoms with van der Waals surface area (Å²) in [4.78, 5) is 7.29. The van der Waals surface area contributed by atoms with Gasteiger partial charge in [0, 0.05) is 32.6 Å². The van der Waals surface area contributed by atoms with Crippen LogP contribution in [-0.2, 0) is 6.42 Å². The van der Waals surface area contributed by atoms with Gasteiger partial charge in [-0.05, 0) is 63.7 Å². The zero-order valence-corrected chi connectivity index (χ0v) is 15.4. The summed E-state index contributed by atoms with van der Waals surface area (Å²) in [5, 5.41) is 6.68. The van der Waals surface area contributed by atoms with Gasteiger partial charge in [0.25, 0.3) is 0 Å². The quantitative estimate of drug-likeness (QED) is 0.414. The molecule has 1 saturated heterocycles. The number of nitrogens with one attached hydrogen (secondary N) is 2. The van der Waals surface area contributed by atoms with Crippen molar-refractivity contribution in [3.8, 4) is 0 Å². The molecule has 0 bridgehead atoms. The maximum absolute atomic E-state index is 5.35. The highest BCUT2D eigenvalue weighted by Gasteiger charge is 2.15. The molecule has 1 aromatic rings. The highest BCUT2D eigenvalue weighted by atomic mass is 16.3. The molecule has 5 nitrogen and oxygen atoms in total. The molecule has 24 heavy (non-hydrogen) atoms. The van der Waals surface area contributed by atoms with Crippen molar-refractivity contribution >= 4 is 5.96 Å². The van der Waals surface area contributed by atoms with Crippen LogP contribution in [0.4, 0.5) is 0 Å². The van der Waals surface area contributed by atoms with Crippen molar-refractivity contribution in [2.45, 2.75) is 46.0 Å². The molecule has 0 amide bonds. The van der Waals surface area contributed by atoms with Crippen LogP contribution in [0.15, 0.2) is 27.8 Å². The van der Waals surface area contributed by atoms with E-state index in [0.29, 0.717) is 0 Å². The Bertz CT molecular complexity index is 458. The maximum atomic E-state index is 5.35. The molecule has 0 saturated carbocycles. The molecule has 0 aliphatic carbocycles. The molecule has 1 aromatic heterocycles. The van der Waals surface area contributed by atoms with E-state index in [2.05, 4.69) is 34.4 Å². The molecule has 136 valence electrons. The van der Waals surface area contributed by atoms with Gasteiger partial charge in [-0.1, -0.05) is 6.92 Å². The van der Waals surface area contributed by atoms with Gasteiger partial charge in [-0.15, -0.1) is 0 Å². The van der Waals surface area contributed by atoms with Crippen molar-refractivity contribution in [2.75, 3.05) is 39.3 Å². The van der Waals surface area contributed by atoms with E-state index in [9.17, 15) is 0 Å². The van der Waals surface area contributed by atoms with E-state index >= 15 is 0 Å². The molecule has 2 N–H and O–H groups in total.